The number of urea groups is 1. The molecule has 0 atom stereocenters. The Morgan fingerprint density at radius 2 is 2.07 bits per heavy atom. The number of hydrogen-bond donors (Lipinski definition) is 2. The molecule has 2 N–H and O–H groups in total. The Hall–Kier alpha value is -0.770. The van der Waals surface area contributed by atoms with Gasteiger partial charge in [0, 0.05) is 19.1 Å². The van der Waals surface area contributed by atoms with Crippen LogP contribution in [0.2, 0.25) is 0 Å². The first kappa shape index (κ1) is 12.3. The van der Waals surface area contributed by atoms with E-state index in [0.717, 1.165) is 12.8 Å². The molecular weight excluding hydrogens is 192 g/mol. The maximum atomic E-state index is 11.7. The van der Waals surface area contributed by atoms with E-state index in [4.69, 9.17) is 5.11 Å². The standard InChI is InChI=1S/C11H22N2O2/c1-2-12-11(15)13(8-9-14)10-6-4-3-5-7-10/h10,14H,2-9H2,1H3,(H,12,15). The van der Waals surface area contributed by atoms with Crippen LogP contribution in [-0.2, 0) is 0 Å². The van der Waals surface area contributed by atoms with Crippen molar-refractivity contribution >= 4 is 6.03 Å². The van der Waals surface area contributed by atoms with Crippen LogP contribution in [0.25, 0.3) is 0 Å². The minimum atomic E-state index is -0.0292. The van der Waals surface area contributed by atoms with Crippen LogP contribution in [0.15, 0.2) is 0 Å². The van der Waals surface area contributed by atoms with Gasteiger partial charge in [-0.2, -0.15) is 0 Å². The molecule has 0 saturated heterocycles. The highest BCUT2D eigenvalue weighted by Gasteiger charge is 2.24. The minimum absolute atomic E-state index is 0.0292. The number of aliphatic hydroxyl groups is 1. The van der Waals surface area contributed by atoms with Crippen molar-refractivity contribution in [3.63, 3.8) is 0 Å². The Kier molecular flexibility index (Phi) is 5.47. The highest BCUT2D eigenvalue weighted by Crippen LogP contribution is 2.22. The quantitative estimate of drug-likeness (QED) is 0.742. The van der Waals surface area contributed by atoms with E-state index >= 15 is 0 Å². The maximum absolute atomic E-state index is 11.7. The summed E-state index contributed by atoms with van der Waals surface area (Å²) in [5.74, 6) is 0. The van der Waals surface area contributed by atoms with Crippen molar-refractivity contribution in [2.24, 2.45) is 0 Å². The Morgan fingerprint density at radius 3 is 2.60 bits per heavy atom. The molecule has 4 heteroatoms. The van der Waals surface area contributed by atoms with Gasteiger partial charge >= 0.3 is 6.03 Å². The first-order valence-corrected chi connectivity index (χ1v) is 5.95. The number of hydrogen-bond acceptors (Lipinski definition) is 2. The van der Waals surface area contributed by atoms with E-state index in [-0.39, 0.29) is 12.6 Å². The predicted molar refractivity (Wildman–Crippen MR) is 59.7 cm³/mol. The number of rotatable bonds is 4. The van der Waals surface area contributed by atoms with Crippen LogP contribution < -0.4 is 5.32 Å². The van der Waals surface area contributed by atoms with Crippen molar-refractivity contribution < 1.29 is 9.90 Å². The topological polar surface area (TPSA) is 52.6 Å². The van der Waals surface area contributed by atoms with Gasteiger partial charge in [-0.1, -0.05) is 19.3 Å². The Labute approximate surface area is 91.6 Å². The number of carbonyl (C=O) groups is 1. The number of aliphatic hydroxyl groups excluding tert-OH is 1. The third-order valence-electron chi connectivity index (χ3n) is 2.95. The molecule has 88 valence electrons. The van der Waals surface area contributed by atoms with Crippen LogP contribution in [0, 0.1) is 0 Å². The van der Waals surface area contributed by atoms with Gasteiger partial charge in [0.1, 0.15) is 0 Å². The lowest BCUT2D eigenvalue weighted by atomic mass is 9.94. The van der Waals surface area contributed by atoms with Crippen molar-refractivity contribution in [3.05, 3.63) is 0 Å². The average Bonchev–Trinajstić information content (AvgIpc) is 2.27. The van der Waals surface area contributed by atoms with Gasteiger partial charge in [0.05, 0.1) is 6.61 Å². The molecule has 0 aromatic heterocycles. The molecule has 15 heavy (non-hydrogen) atoms. The fraction of sp³-hybridized carbons (Fsp3) is 0.909. The first-order chi connectivity index (χ1) is 7.29. The normalized spacial score (nSPS) is 17.5. The van der Waals surface area contributed by atoms with Gasteiger partial charge in [-0.15, -0.1) is 0 Å². The zero-order valence-corrected chi connectivity index (χ0v) is 9.54. The van der Waals surface area contributed by atoms with E-state index in [1.807, 2.05) is 6.92 Å². The van der Waals surface area contributed by atoms with Crippen LogP contribution >= 0.6 is 0 Å². The second-order valence-corrected chi connectivity index (χ2v) is 4.04. The molecule has 1 aliphatic rings. The summed E-state index contributed by atoms with van der Waals surface area (Å²) in [7, 11) is 0. The fourth-order valence-corrected chi connectivity index (χ4v) is 2.20. The minimum Gasteiger partial charge on any atom is -0.395 e. The molecule has 1 rings (SSSR count). The van der Waals surface area contributed by atoms with Crippen LogP contribution in [0.3, 0.4) is 0 Å². The van der Waals surface area contributed by atoms with E-state index in [1.165, 1.54) is 19.3 Å². The van der Waals surface area contributed by atoms with Gasteiger partial charge in [0.25, 0.3) is 0 Å². The average molecular weight is 214 g/mol. The van der Waals surface area contributed by atoms with Crippen LogP contribution in [0.5, 0.6) is 0 Å². The molecule has 1 fully saturated rings. The maximum Gasteiger partial charge on any atom is 0.317 e. The zero-order chi connectivity index (χ0) is 11.1. The SMILES string of the molecule is CCNC(=O)N(CCO)C1CCCCC1. The Morgan fingerprint density at radius 1 is 1.40 bits per heavy atom. The smallest absolute Gasteiger partial charge is 0.317 e. The van der Waals surface area contributed by atoms with Gasteiger partial charge in [-0.05, 0) is 19.8 Å². The molecular formula is C11H22N2O2. The zero-order valence-electron chi connectivity index (χ0n) is 9.54. The van der Waals surface area contributed by atoms with E-state index in [0.29, 0.717) is 19.1 Å². The molecule has 0 unspecified atom stereocenters. The Balaban J connectivity index is 2.50. The Bertz CT molecular complexity index is 191. The number of carbonyl (C=O) groups excluding carboxylic acids is 1. The van der Waals surface area contributed by atoms with E-state index < -0.39 is 0 Å². The number of amides is 2. The summed E-state index contributed by atoms with van der Waals surface area (Å²) >= 11 is 0. The van der Waals surface area contributed by atoms with Crippen molar-refractivity contribution in [2.75, 3.05) is 19.7 Å². The lowest BCUT2D eigenvalue weighted by Crippen LogP contribution is -2.48. The van der Waals surface area contributed by atoms with Gasteiger partial charge in [0.15, 0.2) is 0 Å². The summed E-state index contributed by atoms with van der Waals surface area (Å²) in [5.41, 5.74) is 0. The molecule has 0 aliphatic heterocycles. The lowest BCUT2D eigenvalue weighted by Gasteiger charge is -2.33. The van der Waals surface area contributed by atoms with E-state index in [2.05, 4.69) is 5.32 Å². The molecule has 0 heterocycles. The summed E-state index contributed by atoms with van der Waals surface area (Å²) < 4.78 is 0. The second kappa shape index (κ2) is 6.67. The summed E-state index contributed by atoms with van der Waals surface area (Å²) in [6.45, 7) is 3.06. The van der Waals surface area contributed by atoms with E-state index in [9.17, 15) is 4.79 Å². The molecule has 0 aromatic carbocycles. The van der Waals surface area contributed by atoms with Crippen molar-refractivity contribution in [3.8, 4) is 0 Å². The second-order valence-electron chi connectivity index (χ2n) is 4.04. The van der Waals surface area contributed by atoms with E-state index in [1.54, 1.807) is 4.90 Å². The molecule has 0 spiro atoms. The molecule has 0 bridgehead atoms. The largest absolute Gasteiger partial charge is 0.395 e. The molecule has 0 aromatic rings. The highest BCUT2D eigenvalue weighted by molar-refractivity contribution is 5.74. The predicted octanol–water partition coefficient (Wildman–Crippen LogP) is 1.34. The highest BCUT2D eigenvalue weighted by atomic mass is 16.3. The third kappa shape index (κ3) is 3.70. The number of nitrogens with one attached hydrogen (secondary N) is 1. The van der Waals surface area contributed by atoms with Crippen LogP contribution in [0.4, 0.5) is 4.79 Å². The number of nitrogens with zero attached hydrogens (tertiary/aromatic N) is 1. The van der Waals surface area contributed by atoms with Crippen LogP contribution in [0.1, 0.15) is 39.0 Å². The monoisotopic (exact) mass is 214 g/mol. The van der Waals surface area contributed by atoms with Gasteiger partial charge in [-0.3, -0.25) is 0 Å². The van der Waals surface area contributed by atoms with Crippen molar-refractivity contribution in [1.82, 2.24) is 10.2 Å². The molecule has 1 saturated carbocycles. The molecule has 2 amide bonds. The fourth-order valence-electron chi connectivity index (χ4n) is 2.20. The van der Waals surface area contributed by atoms with Gasteiger partial charge < -0.3 is 15.3 Å². The van der Waals surface area contributed by atoms with Crippen molar-refractivity contribution in [1.29, 1.82) is 0 Å². The summed E-state index contributed by atoms with van der Waals surface area (Å²) in [6.07, 6.45) is 5.84. The first-order valence-electron chi connectivity index (χ1n) is 5.95. The van der Waals surface area contributed by atoms with Crippen molar-refractivity contribution in [2.45, 2.75) is 45.1 Å². The van der Waals surface area contributed by atoms with Gasteiger partial charge in [-0.25, -0.2) is 4.79 Å². The molecule has 4 nitrogen and oxygen atoms in total. The summed E-state index contributed by atoms with van der Waals surface area (Å²) in [6, 6.07) is 0.302. The molecule has 0 radical (unpaired) electrons. The summed E-state index contributed by atoms with van der Waals surface area (Å²) in [4.78, 5) is 13.5. The lowest BCUT2D eigenvalue weighted by molar-refractivity contribution is 0.135. The van der Waals surface area contributed by atoms with Crippen LogP contribution in [-0.4, -0.2) is 41.8 Å². The molecule has 1 aliphatic carbocycles. The third-order valence-corrected chi connectivity index (χ3v) is 2.95. The summed E-state index contributed by atoms with van der Waals surface area (Å²) in [5, 5.41) is 11.8. The van der Waals surface area contributed by atoms with Gasteiger partial charge in [0.2, 0.25) is 0 Å².